The predicted molar refractivity (Wildman–Crippen MR) is 70.0 cm³/mol. The highest BCUT2D eigenvalue weighted by atomic mass is 16.2. The van der Waals surface area contributed by atoms with Gasteiger partial charge in [-0.2, -0.15) is 0 Å². The third kappa shape index (κ3) is 3.36. The molecule has 0 aromatic carbocycles. The number of nitrogens with zero attached hydrogens (tertiary/aromatic N) is 1. The van der Waals surface area contributed by atoms with Crippen LogP contribution < -0.4 is 5.32 Å². The Hall–Kier alpha value is -0.730. The van der Waals surface area contributed by atoms with Crippen molar-refractivity contribution in [3.8, 4) is 0 Å². The van der Waals surface area contributed by atoms with Crippen LogP contribution in [-0.2, 0) is 0 Å². The topological polar surface area (TPSA) is 32.3 Å². The van der Waals surface area contributed by atoms with E-state index in [4.69, 9.17) is 0 Å². The lowest BCUT2D eigenvalue weighted by Crippen LogP contribution is -2.47. The van der Waals surface area contributed by atoms with Crippen molar-refractivity contribution in [2.45, 2.75) is 70.4 Å². The molecule has 0 aromatic heterocycles. The second kappa shape index (κ2) is 5.74. The molecule has 0 aromatic rings. The highest BCUT2D eigenvalue weighted by Crippen LogP contribution is 2.27. The van der Waals surface area contributed by atoms with Crippen LogP contribution in [0.3, 0.4) is 0 Å². The maximum Gasteiger partial charge on any atom is 0.317 e. The van der Waals surface area contributed by atoms with Crippen molar-refractivity contribution in [2.24, 2.45) is 5.92 Å². The van der Waals surface area contributed by atoms with Gasteiger partial charge in [-0.05, 0) is 31.6 Å². The molecule has 3 heteroatoms. The number of nitrogens with one attached hydrogen (secondary N) is 1. The SMILES string of the molecule is CC1CCCC(N(C)C(=O)NC2CCCC2)C1. The Morgan fingerprint density at radius 2 is 1.82 bits per heavy atom. The zero-order valence-corrected chi connectivity index (χ0v) is 11.2. The highest BCUT2D eigenvalue weighted by molar-refractivity contribution is 5.74. The highest BCUT2D eigenvalue weighted by Gasteiger charge is 2.27. The minimum atomic E-state index is 0.149. The van der Waals surface area contributed by atoms with Gasteiger partial charge in [-0.3, -0.25) is 0 Å². The van der Waals surface area contributed by atoms with E-state index in [0.717, 1.165) is 5.92 Å². The van der Waals surface area contributed by atoms with Crippen LogP contribution in [0.2, 0.25) is 0 Å². The van der Waals surface area contributed by atoms with Gasteiger partial charge in [0.2, 0.25) is 0 Å². The molecule has 2 aliphatic rings. The first-order valence-corrected chi connectivity index (χ1v) is 7.20. The van der Waals surface area contributed by atoms with Gasteiger partial charge in [0.25, 0.3) is 0 Å². The molecule has 2 rings (SSSR count). The van der Waals surface area contributed by atoms with E-state index in [1.54, 1.807) is 0 Å². The Morgan fingerprint density at radius 1 is 1.12 bits per heavy atom. The lowest BCUT2D eigenvalue weighted by atomic mass is 9.86. The smallest absolute Gasteiger partial charge is 0.317 e. The van der Waals surface area contributed by atoms with Crippen molar-refractivity contribution in [1.29, 1.82) is 0 Å². The maximum atomic E-state index is 12.1. The molecule has 3 nitrogen and oxygen atoms in total. The summed E-state index contributed by atoms with van der Waals surface area (Å²) in [5, 5.41) is 3.18. The van der Waals surface area contributed by atoms with E-state index in [1.165, 1.54) is 51.4 Å². The van der Waals surface area contributed by atoms with Crippen molar-refractivity contribution in [2.75, 3.05) is 7.05 Å². The van der Waals surface area contributed by atoms with E-state index in [0.29, 0.717) is 12.1 Å². The molecule has 0 saturated heterocycles. The van der Waals surface area contributed by atoms with Crippen LogP contribution in [0.5, 0.6) is 0 Å². The number of urea groups is 1. The second-order valence-corrected chi connectivity index (χ2v) is 5.97. The van der Waals surface area contributed by atoms with Crippen molar-refractivity contribution in [3.05, 3.63) is 0 Å². The van der Waals surface area contributed by atoms with Crippen LogP contribution in [0.15, 0.2) is 0 Å². The third-order valence-electron chi connectivity index (χ3n) is 4.46. The lowest BCUT2D eigenvalue weighted by Gasteiger charge is -2.34. The molecule has 98 valence electrons. The number of amides is 2. The molecule has 2 amide bonds. The van der Waals surface area contributed by atoms with Crippen LogP contribution in [0, 0.1) is 5.92 Å². The molecule has 2 fully saturated rings. The van der Waals surface area contributed by atoms with Gasteiger partial charge >= 0.3 is 6.03 Å². The van der Waals surface area contributed by atoms with Crippen LogP contribution >= 0.6 is 0 Å². The first-order chi connectivity index (χ1) is 8.16. The van der Waals surface area contributed by atoms with Gasteiger partial charge in [-0.1, -0.05) is 32.6 Å². The second-order valence-electron chi connectivity index (χ2n) is 5.97. The first-order valence-electron chi connectivity index (χ1n) is 7.20. The van der Waals surface area contributed by atoms with Crippen LogP contribution in [-0.4, -0.2) is 30.1 Å². The predicted octanol–water partition coefficient (Wildman–Crippen LogP) is 3.15. The van der Waals surface area contributed by atoms with E-state index in [2.05, 4.69) is 12.2 Å². The van der Waals surface area contributed by atoms with Gasteiger partial charge in [-0.15, -0.1) is 0 Å². The minimum Gasteiger partial charge on any atom is -0.335 e. The average molecular weight is 238 g/mol. The molecular formula is C14H26N2O. The lowest BCUT2D eigenvalue weighted by molar-refractivity contribution is 0.157. The van der Waals surface area contributed by atoms with Crippen LogP contribution in [0.25, 0.3) is 0 Å². The van der Waals surface area contributed by atoms with Crippen molar-refractivity contribution >= 4 is 6.03 Å². The molecule has 0 aliphatic heterocycles. The summed E-state index contributed by atoms with van der Waals surface area (Å²) in [6, 6.07) is 1.04. The van der Waals surface area contributed by atoms with E-state index in [1.807, 2.05) is 11.9 Å². The number of rotatable bonds is 2. The van der Waals surface area contributed by atoms with E-state index in [-0.39, 0.29) is 6.03 Å². The fraction of sp³-hybridized carbons (Fsp3) is 0.929. The average Bonchev–Trinajstić information content (AvgIpc) is 2.80. The maximum absolute atomic E-state index is 12.1. The molecule has 2 aliphatic carbocycles. The van der Waals surface area contributed by atoms with E-state index < -0.39 is 0 Å². The Morgan fingerprint density at radius 3 is 2.47 bits per heavy atom. The zero-order chi connectivity index (χ0) is 12.3. The summed E-state index contributed by atoms with van der Waals surface area (Å²) in [5.74, 6) is 0.774. The van der Waals surface area contributed by atoms with E-state index in [9.17, 15) is 4.79 Å². The summed E-state index contributed by atoms with van der Waals surface area (Å²) in [7, 11) is 1.97. The summed E-state index contributed by atoms with van der Waals surface area (Å²) in [6.45, 7) is 2.30. The van der Waals surface area contributed by atoms with Crippen LogP contribution in [0.1, 0.15) is 58.3 Å². The van der Waals surface area contributed by atoms with Gasteiger partial charge in [-0.25, -0.2) is 4.79 Å². The fourth-order valence-electron chi connectivity index (χ4n) is 3.27. The summed E-state index contributed by atoms with van der Waals surface area (Å²) < 4.78 is 0. The number of hydrogen-bond donors (Lipinski definition) is 1. The molecule has 0 heterocycles. The Balaban J connectivity index is 1.80. The van der Waals surface area contributed by atoms with Gasteiger partial charge < -0.3 is 10.2 Å². The molecule has 0 bridgehead atoms. The van der Waals surface area contributed by atoms with Gasteiger partial charge in [0.1, 0.15) is 0 Å². The standard InChI is InChI=1S/C14H26N2O/c1-11-6-5-9-13(10-11)16(2)14(17)15-12-7-3-4-8-12/h11-13H,3-10H2,1-2H3,(H,15,17). The van der Waals surface area contributed by atoms with Gasteiger partial charge in [0.05, 0.1) is 0 Å². The van der Waals surface area contributed by atoms with E-state index >= 15 is 0 Å². The molecule has 17 heavy (non-hydrogen) atoms. The number of carbonyl (C=O) groups excluding carboxylic acids is 1. The van der Waals surface area contributed by atoms with Gasteiger partial charge in [0, 0.05) is 19.1 Å². The van der Waals surface area contributed by atoms with Crippen molar-refractivity contribution in [3.63, 3.8) is 0 Å². The summed E-state index contributed by atoms with van der Waals surface area (Å²) in [6.07, 6.45) is 9.83. The molecule has 2 unspecified atom stereocenters. The zero-order valence-electron chi connectivity index (χ0n) is 11.2. The Bertz CT molecular complexity index is 261. The fourth-order valence-corrected chi connectivity index (χ4v) is 3.27. The summed E-state index contributed by atoms with van der Waals surface area (Å²) in [4.78, 5) is 14.1. The molecule has 2 atom stereocenters. The Kier molecular flexibility index (Phi) is 4.30. The summed E-state index contributed by atoms with van der Waals surface area (Å²) in [5.41, 5.74) is 0. The molecular weight excluding hydrogens is 212 g/mol. The number of hydrogen-bond acceptors (Lipinski definition) is 1. The van der Waals surface area contributed by atoms with Crippen LogP contribution in [0.4, 0.5) is 4.79 Å². The third-order valence-corrected chi connectivity index (χ3v) is 4.46. The normalized spacial score (nSPS) is 30.2. The molecule has 1 N–H and O–H groups in total. The quantitative estimate of drug-likeness (QED) is 0.787. The first kappa shape index (κ1) is 12.7. The van der Waals surface area contributed by atoms with Crippen molar-refractivity contribution < 1.29 is 4.79 Å². The van der Waals surface area contributed by atoms with Gasteiger partial charge in [0.15, 0.2) is 0 Å². The van der Waals surface area contributed by atoms with Crippen molar-refractivity contribution in [1.82, 2.24) is 10.2 Å². The summed E-state index contributed by atoms with van der Waals surface area (Å²) >= 11 is 0. The number of carbonyl (C=O) groups is 1. The monoisotopic (exact) mass is 238 g/mol. The molecule has 2 saturated carbocycles. The Labute approximate surface area is 105 Å². The molecule has 0 radical (unpaired) electrons. The largest absolute Gasteiger partial charge is 0.335 e. The molecule has 0 spiro atoms. The minimum absolute atomic E-state index is 0.149.